The zero-order valence-corrected chi connectivity index (χ0v) is 8.00. The molecule has 0 saturated carbocycles. The Morgan fingerprint density at radius 1 is 1.50 bits per heavy atom. The van der Waals surface area contributed by atoms with E-state index >= 15 is 0 Å². The summed E-state index contributed by atoms with van der Waals surface area (Å²) < 4.78 is 19.3. The van der Waals surface area contributed by atoms with Gasteiger partial charge in [-0.2, -0.15) is 0 Å². The van der Waals surface area contributed by atoms with Crippen LogP contribution in [0, 0.1) is 0 Å². The van der Waals surface area contributed by atoms with Crippen molar-refractivity contribution in [2.75, 3.05) is 13.2 Å². The summed E-state index contributed by atoms with van der Waals surface area (Å²) in [5.74, 6) is 0. The topological polar surface area (TPSA) is 35.2 Å². The number of alkyl halides is 1. The Hall–Kier alpha value is -0.930. The first-order valence-corrected chi connectivity index (χ1v) is 4.81. The quantitative estimate of drug-likeness (QED) is 0.780. The number of hydrogen-bond acceptors (Lipinski definition) is 2. The van der Waals surface area contributed by atoms with Crippen LogP contribution in [-0.2, 0) is 17.0 Å². The Bertz CT molecular complexity index is 321. The van der Waals surface area contributed by atoms with Crippen LogP contribution in [0.3, 0.4) is 0 Å². The van der Waals surface area contributed by atoms with Crippen molar-refractivity contribution >= 4 is 0 Å². The van der Waals surface area contributed by atoms with E-state index in [-0.39, 0.29) is 6.61 Å². The van der Waals surface area contributed by atoms with Crippen LogP contribution >= 0.6 is 0 Å². The molecule has 1 unspecified atom stereocenters. The van der Waals surface area contributed by atoms with E-state index in [0.29, 0.717) is 25.1 Å². The molecule has 1 heterocycles. The van der Waals surface area contributed by atoms with Crippen LogP contribution in [-0.4, -0.2) is 13.2 Å². The fraction of sp³-hybridized carbons (Fsp3) is 0.455. The van der Waals surface area contributed by atoms with Crippen LogP contribution in [0.2, 0.25) is 0 Å². The van der Waals surface area contributed by atoms with Gasteiger partial charge >= 0.3 is 0 Å². The Morgan fingerprint density at radius 2 is 2.36 bits per heavy atom. The van der Waals surface area contributed by atoms with Crippen molar-refractivity contribution in [3.63, 3.8) is 0 Å². The van der Waals surface area contributed by atoms with Gasteiger partial charge in [0.2, 0.25) is 0 Å². The lowest BCUT2D eigenvalue weighted by Gasteiger charge is -2.18. The third-order valence-corrected chi connectivity index (χ3v) is 2.65. The van der Waals surface area contributed by atoms with Crippen LogP contribution in [0.25, 0.3) is 0 Å². The van der Waals surface area contributed by atoms with Crippen LogP contribution < -0.4 is 5.73 Å². The van der Waals surface area contributed by atoms with Crippen LogP contribution in [0.4, 0.5) is 4.39 Å². The molecular weight excluding hydrogens is 181 g/mol. The largest absolute Gasteiger partial charge is 0.378 e. The second kappa shape index (κ2) is 3.67. The van der Waals surface area contributed by atoms with Gasteiger partial charge in [-0.1, -0.05) is 24.3 Å². The lowest BCUT2D eigenvalue weighted by molar-refractivity contribution is 0.112. The number of halogens is 1. The molecule has 3 heteroatoms. The zero-order chi connectivity index (χ0) is 10.0. The molecule has 0 radical (unpaired) electrons. The molecule has 0 bridgehead atoms. The fourth-order valence-corrected chi connectivity index (χ4v) is 1.74. The van der Waals surface area contributed by atoms with E-state index in [1.165, 1.54) is 0 Å². The average molecular weight is 195 g/mol. The second-order valence-corrected chi connectivity index (χ2v) is 3.67. The first-order chi connectivity index (χ1) is 6.74. The predicted octanol–water partition coefficient (Wildman–Crippen LogP) is 1.73. The van der Waals surface area contributed by atoms with Gasteiger partial charge in [0, 0.05) is 13.0 Å². The molecule has 0 amide bonds. The minimum absolute atomic E-state index is 0.168. The van der Waals surface area contributed by atoms with E-state index in [0.717, 1.165) is 5.56 Å². The smallest absolute Gasteiger partial charge is 0.161 e. The molecule has 1 aliphatic heterocycles. The summed E-state index contributed by atoms with van der Waals surface area (Å²) in [5, 5.41) is 0. The van der Waals surface area contributed by atoms with E-state index in [9.17, 15) is 4.39 Å². The molecule has 1 fully saturated rings. The molecule has 1 aromatic rings. The average Bonchev–Trinajstić information content (AvgIpc) is 2.67. The van der Waals surface area contributed by atoms with E-state index < -0.39 is 5.67 Å². The minimum Gasteiger partial charge on any atom is -0.378 e. The summed E-state index contributed by atoms with van der Waals surface area (Å²) in [7, 11) is 0. The van der Waals surface area contributed by atoms with Crippen LogP contribution in [0.5, 0.6) is 0 Å². The highest BCUT2D eigenvalue weighted by molar-refractivity contribution is 5.29. The first-order valence-electron chi connectivity index (χ1n) is 4.81. The van der Waals surface area contributed by atoms with Gasteiger partial charge in [-0.25, -0.2) is 4.39 Å². The summed E-state index contributed by atoms with van der Waals surface area (Å²) in [6, 6.07) is 7.38. The molecule has 14 heavy (non-hydrogen) atoms. The highest BCUT2D eigenvalue weighted by atomic mass is 19.1. The van der Waals surface area contributed by atoms with Gasteiger partial charge in [0.25, 0.3) is 0 Å². The van der Waals surface area contributed by atoms with Gasteiger partial charge in [0.05, 0.1) is 13.2 Å². The van der Waals surface area contributed by atoms with Crippen LogP contribution in [0.15, 0.2) is 24.3 Å². The van der Waals surface area contributed by atoms with Crippen molar-refractivity contribution in [3.8, 4) is 0 Å². The normalized spacial score (nSPS) is 26.7. The van der Waals surface area contributed by atoms with Crippen molar-refractivity contribution in [1.82, 2.24) is 0 Å². The first kappa shape index (κ1) is 9.62. The van der Waals surface area contributed by atoms with Gasteiger partial charge in [-0.15, -0.1) is 0 Å². The summed E-state index contributed by atoms with van der Waals surface area (Å²) in [6.45, 7) is 1.12. The monoisotopic (exact) mass is 195 g/mol. The Morgan fingerprint density at radius 3 is 3.00 bits per heavy atom. The van der Waals surface area contributed by atoms with Crippen LogP contribution in [0.1, 0.15) is 17.5 Å². The third-order valence-electron chi connectivity index (χ3n) is 2.65. The summed E-state index contributed by atoms with van der Waals surface area (Å²) in [4.78, 5) is 0. The Balaban J connectivity index is 2.30. The molecule has 1 aliphatic rings. The molecule has 1 aromatic carbocycles. The molecule has 0 aliphatic carbocycles. The third kappa shape index (κ3) is 1.65. The molecule has 2 rings (SSSR count). The predicted molar refractivity (Wildman–Crippen MR) is 52.6 cm³/mol. The van der Waals surface area contributed by atoms with Crippen molar-refractivity contribution in [3.05, 3.63) is 35.4 Å². The maximum atomic E-state index is 14.2. The van der Waals surface area contributed by atoms with Crippen molar-refractivity contribution in [2.24, 2.45) is 5.73 Å². The van der Waals surface area contributed by atoms with E-state index in [1.54, 1.807) is 6.07 Å². The summed E-state index contributed by atoms with van der Waals surface area (Å²) in [5.41, 5.74) is 5.86. The SMILES string of the molecule is NCc1cccc(C2(F)CCOC2)c1. The number of benzene rings is 1. The van der Waals surface area contributed by atoms with Gasteiger partial charge in [-0.05, 0) is 11.1 Å². The Labute approximate surface area is 82.9 Å². The highest BCUT2D eigenvalue weighted by Gasteiger charge is 2.36. The van der Waals surface area contributed by atoms with E-state index in [4.69, 9.17) is 10.5 Å². The zero-order valence-electron chi connectivity index (χ0n) is 8.00. The van der Waals surface area contributed by atoms with Gasteiger partial charge in [0.1, 0.15) is 0 Å². The van der Waals surface area contributed by atoms with E-state index in [1.807, 2.05) is 18.2 Å². The standard InChI is InChI=1S/C11H14FNO/c12-11(4-5-14-8-11)10-3-1-2-9(6-10)7-13/h1-3,6H,4-5,7-8,13H2. The fourth-order valence-electron chi connectivity index (χ4n) is 1.74. The molecule has 2 N–H and O–H groups in total. The maximum Gasteiger partial charge on any atom is 0.161 e. The van der Waals surface area contributed by atoms with Gasteiger partial charge in [-0.3, -0.25) is 0 Å². The van der Waals surface area contributed by atoms with Crippen molar-refractivity contribution < 1.29 is 9.13 Å². The summed E-state index contributed by atoms with van der Waals surface area (Å²) in [6.07, 6.45) is 0.445. The minimum atomic E-state index is -1.30. The Kier molecular flexibility index (Phi) is 2.52. The van der Waals surface area contributed by atoms with Gasteiger partial charge in [0.15, 0.2) is 5.67 Å². The number of rotatable bonds is 2. The molecule has 2 nitrogen and oxygen atoms in total. The lowest BCUT2D eigenvalue weighted by atomic mass is 9.94. The van der Waals surface area contributed by atoms with Crippen molar-refractivity contribution in [1.29, 1.82) is 0 Å². The number of nitrogens with two attached hydrogens (primary N) is 1. The van der Waals surface area contributed by atoms with E-state index in [2.05, 4.69) is 0 Å². The number of ether oxygens (including phenoxy) is 1. The molecule has 1 atom stereocenters. The maximum absolute atomic E-state index is 14.2. The molecule has 0 aromatic heterocycles. The lowest BCUT2D eigenvalue weighted by Crippen LogP contribution is -2.20. The number of hydrogen-bond donors (Lipinski definition) is 1. The summed E-state index contributed by atoms with van der Waals surface area (Å²) >= 11 is 0. The molecular formula is C11H14FNO. The van der Waals surface area contributed by atoms with Crippen molar-refractivity contribution in [2.45, 2.75) is 18.6 Å². The highest BCUT2D eigenvalue weighted by Crippen LogP contribution is 2.34. The molecule has 0 spiro atoms. The second-order valence-electron chi connectivity index (χ2n) is 3.67. The van der Waals surface area contributed by atoms with Gasteiger partial charge < -0.3 is 10.5 Å². The molecule has 76 valence electrons. The molecule has 1 saturated heterocycles.